The van der Waals surface area contributed by atoms with Crippen LogP contribution in [0.4, 0.5) is 5.69 Å². The van der Waals surface area contributed by atoms with Gasteiger partial charge in [0.05, 0.1) is 11.9 Å². The van der Waals surface area contributed by atoms with E-state index in [1.54, 1.807) is 42.7 Å². The van der Waals surface area contributed by atoms with Crippen molar-refractivity contribution in [2.75, 3.05) is 30.3 Å². The minimum atomic E-state index is -3.66. The van der Waals surface area contributed by atoms with Crippen LogP contribution in [0.2, 0.25) is 0 Å². The van der Waals surface area contributed by atoms with Crippen molar-refractivity contribution in [2.45, 2.75) is 6.54 Å². The van der Waals surface area contributed by atoms with Gasteiger partial charge < -0.3 is 14.8 Å². The number of anilines is 1. The van der Waals surface area contributed by atoms with Crippen molar-refractivity contribution in [1.29, 1.82) is 0 Å². The molecule has 1 aliphatic heterocycles. The van der Waals surface area contributed by atoms with Gasteiger partial charge in [0.25, 0.3) is 0 Å². The highest BCUT2D eigenvalue weighted by Crippen LogP contribution is 2.34. The summed E-state index contributed by atoms with van der Waals surface area (Å²) in [6, 6.07) is 8.33. The van der Waals surface area contributed by atoms with Crippen LogP contribution in [-0.2, 0) is 21.4 Å². The average molecular weight is 377 g/mol. The standard InChI is InChI=1S/C17H19N3O5S/c1-26(22,23)20(12-17(21)19-11-13-4-6-18-7-5-13)14-2-3-15-16(10-14)25-9-8-24-15/h2-7,10H,8-9,11-12H2,1H3,(H,19,21). The van der Waals surface area contributed by atoms with Crippen molar-refractivity contribution in [2.24, 2.45) is 0 Å². The van der Waals surface area contributed by atoms with E-state index in [0.717, 1.165) is 16.1 Å². The Balaban J connectivity index is 1.73. The third-order valence-electron chi connectivity index (χ3n) is 3.74. The zero-order valence-corrected chi connectivity index (χ0v) is 15.0. The maximum atomic E-state index is 12.2. The number of nitrogens with zero attached hydrogens (tertiary/aromatic N) is 2. The lowest BCUT2D eigenvalue weighted by Crippen LogP contribution is -2.40. The van der Waals surface area contributed by atoms with E-state index >= 15 is 0 Å². The first-order valence-corrected chi connectivity index (χ1v) is 9.81. The molecule has 2 aromatic rings. The lowest BCUT2D eigenvalue weighted by molar-refractivity contribution is -0.119. The molecule has 1 N–H and O–H groups in total. The molecule has 3 rings (SSSR count). The van der Waals surface area contributed by atoms with Gasteiger partial charge in [-0.2, -0.15) is 0 Å². The zero-order chi connectivity index (χ0) is 18.6. The first-order chi connectivity index (χ1) is 12.4. The number of rotatable bonds is 6. The largest absolute Gasteiger partial charge is 0.486 e. The number of nitrogens with one attached hydrogen (secondary N) is 1. The Kier molecular flexibility index (Phi) is 5.27. The number of pyridine rings is 1. The van der Waals surface area contributed by atoms with Crippen LogP contribution in [0.1, 0.15) is 5.56 Å². The Morgan fingerprint density at radius 2 is 1.85 bits per heavy atom. The van der Waals surface area contributed by atoms with Gasteiger partial charge in [0.1, 0.15) is 19.8 Å². The molecule has 1 aromatic carbocycles. The van der Waals surface area contributed by atoms with Crippen molar-refractivity contribution < 1.29 is 22.7 Å². The van der Waals surface area contributed by atoms with E-state index in [0.29, 0.717) is 36.9 Å². The number of benzene rings is 1. The maximum absolute atomic E-state index is 12.2. The summed E-state index contributed by atoms with van der Waals surface area (Å²) in [5.74, 6) is 0.595. The van der Waals surface area contributed by atoms with Crippen molar-refractivity contribution in [3.8, 4) is 11.5 Å². The van der Waals surface area contributed by atoms with Gasteiger partial charge in [-0.1, -0.05) is 0 Å². The molecule has 0 fully saturated rings. The number of aromatic nitrogens is 1. The molecule has 1 amide bonds. The Morgan fingerprint density at radius 1 is 1.15 bits per heavy atom. The van der Waals surface area contributed by atoms with Gasteiger partial charge in [-0.15, -0.1) is 0 Å². The predicted molar refractivity (Wildman–Crippen MR) is 95.7 cm³/mol. The van der Waals surface area contributed by atoms with Crippen molar-refractivity contribution in [3.05, 3.63) is 48.3 Å². The summed E-state index contributed by atoms with van der Waals surface area (Å²) in [6.07, 6.45) is 4.30. The van der Waals surface area contributed by atoms with E-state index in [1.807, 2.05) is 0 Å². The summed E-state index contributed by atoms with van der Waals surface area (Å²) in [7, 11) is -3.66. The van der Waals surface area contributed by atoms with E-state index in [9.17, 15) is 13.2 Å². The Hall–Kier alpha value is -2.81. The molecular formula is C17H19N3O5S. The molecule has 8 nitrogen and oxygen atoms in total. The molecule has 0 spiro atoms. The number of ether oxygens (including phenoxy) is 2. The number of carbonyl (C=O) groups is 1. The fraction of sp³-hybridized carbons (Fsp3) is 0.294. The maximum Gasteiger partial charge on any atom is 0.241 e. The fourth-order valence-corrected chi connectivity index (χ4v) is 3.32. The van der Waals surface area contributed by atoms with Gasteiger partial charge >= 0.3 is 0 Å². The van der Waals surface area contributed by atoms with E-state index in [1.165, 1.54) is 0 Å². The molecule has 0 saturated heterocycles. The van der Waals surface area contributed by atoms with Crippen LogP contribution in [0, 0.1) is 0 Å². The molecule has 0 saturated carbocycles. The Labute approximate surface area is 151 Å². The summed E-state index contributed by atoms with van der Waals surface area (Å²) in [5, 5.41) is 2.70. The summed E-state index contributed by atoms with van der Waals surface area (Å²) in [4.78, 5) is 16.2. The molecule has 1 aliphatic rings. The molecule has 2 heterocycles. The molecule has 9 heteroatoms. The predicted octanol–water partition coefficient (Wildman–Crippen LogP) is 0.935. The second-order valence-electron chi connectivity index (χ2n) is 5.73. The van der Waals surface area contributed by atoms with Crippen LogP contribution in [0.25, 0.3) is 0 Å². The number of hydrogen-bond donors (Lipinski definition) is 1. The number of carbonyl (C=O) groups excluding carboxylic acids is 1. The first kappa shape index (κ1) is 18.0. The summed E-state index contributed by atoms with van der Waals surface area (Å²) >= 11 is 0. The van der Waals surface area contributed by atoms with Crippen molar-refractivity contribution >= 4 is 21.6 Å². The highest BCUT2D eigenvalue weighted by molar-refractivity contribution is 7.92. The van der Waals surface area contributed by atoms with Gasteiger partial charge in [0.15, 0.2) is 11.5 Å². The van der Waals surface area contributed by atoms with Gasteiger partial charge in [-0.25, -0.2) is 8.42 Å². The molecule has 0 atom stereocenters. The van der Waals surface area contributed by atoms with Gasteiger partial charge in [0.2, 0.25) is 15.9 Å². The topological polar surface area (TPSA) is 97.8 Å². The fourth-order valence-electron chi connectivity index (χ4n) is 2.47. The summed E-state index contributed by atoms with van der Waals surface area (Å²) < 4.78 is 36.3. The van der Waals surface area contributed by atoms with E-state index < -0.39 is 15.9 Å². The number of hydrogen-bond acceptors (Lipinski definition) is 6. The highest BCUT2D eigenvalue weighted by Gasteiger charge is 2.23. The average Bonchev–Trinajstić information content (AvgIpc) is 2.64. The van der Waals surface area contributed by atoms with Gasteiger partial charge in [0, 0.05) is 25.0 Å². The molecule has 0 unspecified atom stereocenters. The molecule has 26 heavy (non-hydrogen) atoms. The minimum absolute atomic E-state index is 0.292. The molecule has 1 aromatic heterocycles. The zero-order valence-electron chi connectivity index (χ0n) is 14.2. The molecular weight excluding hydrogens is 358 g/mol. The second-order valence-corrected chi connectivity index (χ2v) is 7.64. The number of sulfonamides is 1. The van der Waals surface area contributed by atoms with Crippen LogP contribution in [0.5, 0.6) is 11.5 Å². The number of amides is 1. The Morgan fingerprint density at radius 3 is 2.54 bits per heavy atom. The van der Waals surface area contributed by atoms with E-state index in [4.69, 9.17) is 9.47 Å². The quantitative estimate of drug-likeness (QED) is 0.804. The van der Waals surface area contributed by atoms with Gasteiger partial charge in [-0.05, 0) is 29.8 Å². The highest BCUT2D eigenvalue weighted by atomic mass is 32.2. The first-order valence-electron chi connectivity index (χ1n) is 7.96. The smallest absolute Gasteiger partial charge is 0.241 e. The summed E-state index contributed by atoms with van der Waals surface area (Å²) in [6.45, 7) is 0.797. The Bertz CT molecular complexity index is 887. The van der Waals surface area contributed by atoms with Crippen LogP contribution in [0.3, 0.4) is 0 Å². The SMILES string of the molecule is CS(=O)(=O)N(CC(=O)NCc1ccncc1)c1ccc2c(c1)OCCO2. The third kappa shape index (κ3) is 4.42. The molecule has 0 bridgehead atoms. The number of fused-ring (bicyclic) bond motifs is 1. The lowest BCUT2D eigenvalue weighted by Gasteiger charge is -2.24. The minimum Gasteiger partial charge on any atom is -0.486 e. The van der Waals surface area contributed by atoms with Crippen LogP contribution in [-0.4, -0.2) is 45.3 Å². The van der Waals surface area contributed by atoms with E-state index in [-0.39, 0.29) is 6.54 Å². The van der Waals surface area contributed by atoms with E-state index in [2.05, 4.69) is 10.3 Å². The summed E-state index contributed by atoms with van der Waals surface area (Å²) in [5.41, 5.74) is 1.22. The molecule has 0 radical (unpaired) electrons. The second kappa shape index (κ2) is 7.61. The lowest BCUT2D eigenvalue weighted by atomic mass is 10.2. The van der Waals surface area contributed by atoms with Crippen molar-refractivity contribution in [1.82, 2.24) is 10.3 Å². The van der Waals surface area contributed by atoms with Gasteiger partial charge in [-0.3, -0.25) is 14.1 Å². The third-order valence-corrected chi connectivity index (χ3v) is 4.88. The van der Waals surface area contributed by atoms with Crippen LogP contribution >= 0.6 is 0 Å². The van der Waals surface area contributed by atoms with Crippen molar-refractivity contribution in [3.63, 3.8) is 0 Å². The normalized spacial score (nSPS) is 13.1. The van der Waals surface area contributed by atoms with Crippen LogP contribution in [0.15, 0.2) is 42.7 Å². The molecule has 138 valence electrons. The monoisotopic (exact) mass is 377 g/mol. The molecule has 0 aliphatic carbocycles. The van der Waals surface area contributed by atoms with Crippen LogP contribution < -0.4 is 19.1 Å².